The summed E-state index contributed by atoms with van der Waals surface area (Å²) in [5.74, 6) is 2.19. The van der Waals surface area contributed by atoms with Gasteiger partial charge in [-0.15, -0.1) is 0 Å². The van der Waals surface area contributed by atoms with Crippen molar-refractivity contribution < 1.29 is 52.3 Å². The molecule has 0 bridgehead atoms. The quantitative estimate of drug-likeness (QED) is 0.0275. The molecule has 372 valence electrons. The van der Waals surface area contributed by atoms with E-state index in [9.17, 15) is 14.4 Å². The lowest BCUT2D eigenvalue weighted by molar-refractivity contribution is -0.143. The molecule has 0 radical (unpaired) electrons. The number of hydrogen-bond acceptors (Lipinski definition) is 12. The van der Waals surface area contributed by atoms with Gasteiger partial charge in [0, 0.05) is 32.6 Å². The standard InChI is InChI=1S/C50H91N3O11/c1-3-5-7-9-11-18-24-31-62-46(42-54)27-21-15-13-20-25-32-63-47(43-60-30-23-17-14-16-22-28-49(55)64-33-26-19-12-10-8-6-4-2)44-61-40-39-59-38-37-58-36-35-57-34-29-52-50(56)48-41-51-45-53-48/h41,45,47H,3-40,43-44H2,1-2H3,(H,51,53)(H,52,56). The Morgan fingerprint density at radius 2 is 1.02 bits per heavy atom. The summed E-state index contributed by atoms with van der Waals surface area (Å²) in [7, 11) is 0. The molecule has 0 fully saturated rings. The zero-order valence-corrected chi connectivity index (χ0v) is 40.5. The van der Waals surface area contributed by atoms with E-state index in [4.69, 9.17) is 37.9 Å². The number of aromatic amines is 1. The molecular formula is C50H91N3O11. The van der Waals surface area contributed by atoms with Gasteiger partial charge in [-0.05, 0) is 38.5 Å². The maximum absolute atomic E-state index is 12.1. The van der Waals surface area contributed by atoms with Gasteiger partial charge in [0.15, 0.2) is 11.7 Å². The molecule has 1 heterocycles. The summed E-state index contributed by atoms with van der Waals surface area (Å²) in [6.45, 7) is 11.3. The maximum atomic E-state index is 12.1. The van der Waals surface area contributed by atoms with Crippen LogP contribution in [-0.2, 0) is 47.5 Å². The van der Waals surface area contributed by atoms with E-state index < -0.39 is 0 Å². The van der Waals surface area contributed by atoms with Crippen LogP contribution in [0.2, 0.25) is 0 Å². The second-order valence-electron chi connectivity index (χ2n) is 16.6. The van der Waals surface area contributed by atoms with Crippen molar-refractivity contribution in [2.45, 2.75) is 187 Å². The third-order valence-corrected chi connectivity index (χ3v) is 10.7. The van der Waals surface area contributed by atoms with Crippen LogP contribution in [0.1, 0.15) is 191 Å². The lowest BCUT2D eigenvalue weighted by atomic mass is 10.1. The Hall–Kier alpha value is -2.84. The smallest absolute Gasteiger partial charge is 0.305 e. The summed E-state index contributed by atoms with van der Waals surface area (Å²) in [4.78, 5) is 41.8. The van der Waals surface area contributed by atoms with Crippen LogP contribution in [0.5, 0.6) is 0 Å². The molecule has 14 nitrogen and oxygen atoms in total. The highest BCUT2D eigenvalue weighted by Gasteiger charge is 2.11. The first-order valence-electron chi connectivity index (χ1n) is 25.4. The van der Waals surface area contributed by atoms with Gasteiger partial charge in [-0.2, -0.15) is 0 Å². The summed E-state index contributed by atoms with van der Waals surface area (Å²) in [5.41, 5.74) is 0.417. The third kappa shape index (κ3) is 40.7. The topological polar surface area (TPSA) is 166 Å². The van der Waals surface area contributed by atoms with E-state index in [2.05, 4.69) is 29.1 Å². The number of amides is 1. The van der Waals surface area contributed by atoms with Crippen LogP contribution in [0.15, 0.2) is 18.3 Å². The Morgan fingerprint density at radius 3 is 1.58 bits per heavy atom. The van der Waals surface area contributed by atoms with Crippen LogP contribution < -0.4 is 5.32 Å². The SMILES string of the molecule is CCCCCCCCCOC(=O)CCCCCCCOCC(COCCOCCOCCOCCNC(=O)c1cnc[nH]1)OCCCCCCCC(=C=O)OCCCCCCCCC. The largest absolute Gasteiger partial charge is 0.487 e. The number of esters is 1. The molecule has 1 unspecified atom stereocenters. The summed E-state index contributed by atoms with van der Waals surface area (Å²) in [6.07, 6.45) is 31.1. The van der Waals surface area contributed by atoms with Gasteiger partial charge in [0.2, 0.25) is 0 Å². The highest BCUT2D eigenvalue weighted by molar-refractivity contribution is 5.91. The van der Waals surface area contributed by atoms with Crippen molar-refractivity contribution in [1.29, 1.82) is 0 Å². The highest BCUT2D eigenvalue weighted by atomic mass is 16.6. The second kappa shape index (κ2) is 48.1. The van der Waals surface area contributed by atoms with Gasteiger partial charge in [-0.25, -0.2) is 9.78 Å². The zero-order valence-electron chi connectivity index (χ0n) is 40.5. The van der Waals surface area contributed by atoms with Crippen LogP contribution in [0, 0.1) is 0 Å². The Kier molecular flexibility index (Phi) is 44.5. The fourth-order valence-electron chi connectivity index (χ4n) is 6.84. The number of aromatic nitrogens is 2. The van der Waals surface area contributed by atoms with Crippen molar-refractivity contribution in [2.24, 2.45) is 0 Å². The molecule has 0 aliphatic rings. The van der Waals surface area contributed by atoms with Crippen molar-refractivity contribution in [3.05, 3.63) is 24.0 Å². The fraction of sp³-hybridized carbons (Fsp3) is 0.860. The minimum Gasteiger partial charge on any atom is -0.487 e. The highest BCUT2D eigenvalue weighted by Crippen LogP contribution is 2.14. The number of imidazole rings is 1. The third-order valence-electron chi connectivity index (χ3n) is 10.7. The normalized spacial score (nSPS) is 11.7. The summed E-state index contributed by atoms with van der Waals surface area (Å²) >= 11 is 0. The number of unbranched alkanes of at least 4 members (excludes halogenated alkanes) is 20. The van der Waals surface area contributed by atoms with Gasteiger partial charge < -0.3 is 48.2 Å². The molecule has 1 amide bonds. The number of ether oxygens (including phenoxy) is 8. The molecule has 14 heteroatoms. The summed E-state index contributed by atoms with van der Waals surface area (Å²) in [6, 6.07) is 0. The van der Waals surface area contributed by atoms with Crippen molar-refractivity contribution in [1.82, 2.24) is 15.3 Å². The number of rotatable bonds is 51. The number of nitrogens with zero attached hydrogens (tertiary/aromatic N) is 1. The Labute approximate surface area is 387 Å². The average Bonchev–Trinajstić information content (AvgIpc) is 3.86. The molecule has 1 atom stereocenters. The Morgan fingerprint density at radius 1 is 0.547 bits per heavy atom. The van der Waals surface area contributed by atoms with E-state index in [1.165, 1.54) is 76.7 Å². The molecule has 0 aliphatic carbocycles. The fourth-order valence-corrected chi connectivity index (χ4v) is 6.84. The Balaban J connectivity index is 2.18. The van der Waals surface area contributed by atoms with Crippen LogP contribution >= 0.6 is 0 Å². The molecule has 0 saturated heterocycles. The van der Waals surface area contributed by atoms with E-state index in [1.807, 2.05) is 5.94 Å². The number of nitrogens with one attached hydrogen (secondary N) is 2. The first-order valence-corrected chi connectivity index (χ1v) is 25.4. The van der Waals surface area contributed by atoms with Crippen LogP contribution in [0.25, 0.3) is 0 Å². The van der Waals surface area contributed by atoms with Crippen molar-refractivity contribution in [3.63, 3.8) is 0 Å². The van der Waals surface area contributed by atoms with Gasteiger partial charge in [0.05, 0.1) is 85.2 Å². The minimum absolute atomic E-state index is 0.0651. The van der Waals surface area contributed by atoms with Gasteiger partial charge in [0.25, 0.3) is 5.91 Å². The summed E-state index contributed by atoms with van der Waals surface area (Å²) < 4.78 is 46.0. The number of H-pyrrole nitrogens is 1. The van der Waals surface area contributed by atoms with E-state index in [0.717, 1.165) is 89.9 Å². The molecule has 64 heavy (non-hydrogen) atoms. The van der Waals surface area contributed by atoms with Gasteiger partial charge in [0.1, 0.15) is 11.8 Å². The first-order chi connectivity index (χ1) is 31.6. The monoisotopic (exact) mass is 910 g/mol. The number of carbonyl (C=O) groups excluding carboxylic acids is 3. The summed E-state index contributed by atoms with van der Waals surface area (Å²) in [5, 5.41) is 2.75. The number of carbonyl (C=O) groups is 2. The predicted octanol–water partition coefficient (Wildman–Crippen LogP) is 10.1. The Bertz CT molecular complexity index is 1200. The molecular weight excluding hydrogens is 819 g/mol. The molecule has 1 aromatic rings. The van der Waals surface area contributed by atoms with Gasteiger partial charge in [-0.3, -0.25) is 9.59 Å². The molecule has 0 aliphatic heterocycles. The van der Waals surface area contributed by atoms with Crippen molar-refractivity contribution >= 4 is 17.8 Å². The van der Waals surface area contributed by atoms with E-state index in [-0.39, 0.29) is 18.0 Å². The van der Waals surface area contributed by atoms with E-state index >= 15 is 0 Å². The van der Waals surface area contributed by atoms with Crippen LogP contribution in [0.3, 0.4) is 0 Å². The zero-order chi connectivity index (χ0) is 46.1. The minimum atomic E-state index is -0.215. The van der Waals surface area contributed by atoms with E-state index in [0.29, 0.717) is 117 Å². The first kappa shape index (κ1) is 59.2. The van der Waals surface area contributed by atoms with Gasteiger partial charge in [-0.1, -0.05) is 129 Å². The molecule has 1 rings (SSSR count). The lowest BCUT2D eigenvalue weighted by Gasteiger charge is -2.18. The average molecular weight is 910 g/mol. The molecule has 0 spiro atoms. The number of hydrogen-bond donors (Lipinski definition) is 2. The molecule has 2 N–H and O–H groups in total. The van der Waals surface area contributed by atoms with Gasteiger partial charge >= 0.3 is 5.97 Å². The molecule has 0 saturated carbocycles. The molecule has 0 aromatic carbocycles. The van der Waals surface area contributed by atoms with E-state index in [1.54, 1.807) is 0 Å². The maximum Gasteiger partial charge on any atom is 0.305 e. The lowest BCUT2D eigenvalue weighted by Crippen LogP contribution is -2.28. The number of allylic oxidation sites excluding steroid dienone is 1. The van der Waals surface area contributed by atoms with Crippen LogP contribution in [-0.4, -0.2) is 126 Å². The van der Waals surface area contributed by atoms with Crippen LogP contribution in [0.4, 0.5) is 0 Å². The van der Waals surface area contributed by atoms with Crippen molar-refractivity contribution in [3.8, 4) is 0 Å². The molecule has 1 aromatic heterocycles. The second-order valence-corrected chi connectivity index (χ2v) is 16.6. The van der Waals surface area contributed by atoms with Crippen molar-refractivity contribution in [2.75, 3.05) is 92.4 Å². The predicted molar refractivity (Wildman–Crippen MR) is 252 cm³/mol.